The van der Waals surface area contributed by atoms with Crippen LogP contribution in [0.2, 0.25) is 0 Å². The highest BCUT2D eigenvalue weighted by Gasteiger charge is 2.26. The molecule has 0 aromatic heterocycles. The molecular weight excluding hydrogens is 254 g/mol. The molecule has 1 heterocycles. The van der Waals surface area contributed by atoms with Gasteiger partial charge in [-0.1, -0.05) is 52.4 Å². The first-order valence-electron chi connectivity index (χ1n) is 9.53. The molecule has 0 atom stereocenters. The van der Waals surface area contributed by atoms with Crippen LogP contribution in [0.5, 0.6) is 0 Å². The highest BCUT2D eigenvalue weighted by molar-refractivity contribution is 5.46. The Hall–Kier alpha value is -0.720. The number of nitrogens with zero attached hydrogens (tertiary/aromatic N) is 1. The Balaban J connectivity index is 1.91. The first-order chi connectivity index (χ1) is 10.4. The first kappa shape index (κ1) is 16.6. The predicted molar refractivity (Wildman–Crippen MR) is 92.2 cm³/mol. The molecule has 0 aromatic carbocycles. The van der Waals surface area contributed by atoms with Crippen LogP contribution in [0.25, 0.3) is 0 Å². The highest BCUT2D eigenvalue weighted by atomic mass is 14.9. The third-order valence-corrected chi connectivity index (χ3v) is 4.97. The van der Waals surface area contributed by atoms with Gasteiger partial charge in [0.2, 0.25) is 0 Å². The summed E-state index contributed by atoms with van der Waals surface area (Å²) in [6, 6.07) is 0. The number of rotatable bonds is 10. The molecule has 0 amide bonds. The van der Waals surface area contributed by atoms with Gasteiger partial charge < -0.3 is 0 Å². The maximum atomic E-state index is 5.05. The lowest BCUT2D eigenvalue weighted by molar-refractivity contribution is 0.633. The van der Waals surface area contributed by atoms with Crippen LogP contribution in [0.15, 0.2) is 22.5 Å². The molecule has 0 N–H and O–H groups in total. The van der Waals surface area contributed by atoms with Crippen LogP contribution < -0.4 is 5.32 Å². The molecule has 2 rings (SSSR count). The van der Waals surface area contributed by atoms with Gasteiger partial charge in [-0.2, -0.15) is 0 Å². The lowest BCUT2D eigenvalue weighted by atomic mass is 9.89. The summed E-state index contributed by atoms with van der Waals surface area (Å²) in [6.07, 6.45) is 18.7. The monoisotopic (exact) mass is 288 g/mol. The van der Waals surface area contributed by atoms with Crippen molar-refractivity contribution < 1.29 is 0 Å². The van der Waals surface area contributed by atoms with Crippen LogP contribution >= 0.6 is 0 Å². The SMILES string of the molecule is CCCCCCC1=C(CCCCCC)C2=C(CCCC2)[N]1. The Morgan fingerprint density at radius 2 is 1.43 bits per heavy atom. The summed E-state index contributed by atoms with van der Waals surface area (Å²) in [5, 5.41) is 5.05. The van der Waals surface area contributed by atoms with Gasteiger partial charge in [0.05, 0.1) is 0 Å². The summed E-state index contributed by atoms with van der Waals surface area (Å²) in [5.74, 6) is 0. The van der Waals surface area contributed by atoms with Crippen molar-refractivity contribution in [3.05, 3.63) is 22.5 Å². The second-order valence-electron chi connectivity index (χ2n) is 6.79. The van der Waals surface area contributed by atoms with Crippen molar-refractivity contribution in [2.24, 2.45) is 0 Å². The molecule has 0 saturated carbocycles. The van der Waals surface area contributed by atoms with Gasteiger partial charge in [-0.3, -0.25) is 5.32 Å². The second-order valence-corrected chi connectivity index (χ2v) is 6.79. The van der Waals surface area contributed by atoms with E-state index < -0.39 is 0 Å². The van der Waals surface area contributed by atoms with Crippen molar-refractivity contribution in [1.82, 2.24) is 5.32 Å². The van der Waals surface area contributed by atoms with Gasteiger partial charge in [-0.25, -0.2) is 0 Å². The van der Waals surface area contributed by atoms with Gasteiger partial charge in [0.15, 0.2) is 0 Å². The minimum atomic E-state index is 1.23. The van der Waals surface area contributed by atoms with Crippen molar-refractivity contribution in [3.8, 4) is 0 Å². The van der Waals surface area contributed by atoms with Crippen molar-refractivity contribution >= 4 is 0 Å². The quantitative estimate of drug-likeness (QED) is 0.401. The summed E-state index contributed by atoms with van der Waals surface area (Å²) in [6.45, 7) is 4.59. The third-order valence-electron chi connectivity index (χ3n) is 4.97. The molecule has 1 aliphatic heterocycles. The average molecular weight is 288 g/mol. The molecule has 0 saturated heterocycles. The predicted octanol–water partition coefficient (Wildman–Crippen LogP) is 6.63. The Morgan fingerprint density at radius 1 is 0.762 bits per heavy atom. The molecule has 0 unspecified atom stereocenters. The molecule has 1 heteroatoms. The van der Waals surface area contributed by atoms with Crippen LogP contribution in [-0.4, -0.2) is 0 Å². The topological polar surface area (TPSA) is 14.1 Å². The first-order valence-corrected chi connectivity index (χ1v) is 9.53. The van der Waals surface area contributed by atoms with E-state index >= 15 is 0 Å². The zero-order valence-electron chi connectivity index (χ0n) is 14.3. The Labute approximate surface area is 132 Å². The smallest absolute Gasteiger partial charge is 0.0442 e. The number of allylic oxidation sites excluding steroid dienone is 4. The second kappa shape index (κ2) is 9.33. The summed E-state index contributed by atoms with van der Waals surface area (Å²) in [7, 11) is 0. The summed E-state index contributed by atoms with van der Waals surface area (Å²) in [4.78, 5) is 0. The zero-order chi connectivity index (χ0) is 14.9. The van der Waals surface area contributed by atoms with E-state index in [1.165, 1.54) is 101 Å². The van der Waals surface area contributed by atoms with Crippen LogP contribution in [0.4, 0.5) is 0 Å². The van der Waals surface area contributed by atoms with Gasteiger partial charge in [0.1, 0.15) is 0 Å². The van der Waals surface area contributed by atoms with E-state index in [9.17, 15) is 0 Å². The van der Waals surface area contributed by atoms with E-state index in [0.717, 1.165) is 0 Å². The molecule has 1 radical (unpaired) electrons. The Kier molecular flexibility index (Phi) is 7.39. The minimum Gasteiger partial charge on any atom is -0.257 e. The fourth-order valence-corrected chi connectivity index (χ4v) is 3.69. The largest absolute Gasteiger partial charge is 0.257 e. The van der Waals surface area contributed by atoms with E-state index in [1.807, 2.05) is 0 Å². The Morgan fingerprint density at radius 3 is 2.14 bits per heavy atom. The summed E-state index contributed by atoms with van der Waals surface area (Å²) < 4.78 is 0. The van der Waals surface area contributed by atoms with E-state index in [-0.39, 0.29) is 0 Å². The van der Waals surface area contributed by atoms with Crippen LogP contribution in [-0.2, 0) is 0 Å². The standard InChI is InChI=1S/C20H34N/c1-3-5-7-9-13-17-18-14-11-12-16-20(18)21-19(17)15-10-8-6-4-2/h3-16H2,1-2H3. The van der Waals surface area contributed by atoms with Crippen molar-refractivity contribution in [2.45, 2.75) is 104 Å². The van der Waals surface area contributed by atoms with Gasteiger partial charge in [-0.15, -0.1) is 0 Å². The number of hydrogen-bond donors (Lipinski definition) is 0. The van der Waals surface area contributed by atoms with Crippen LogP contribution in [0.3, 0.4) is 0 Å². The van der Waals surface area contributed by atoms with E-state index in [1.54, 1.807) is 11.1 Å². The average Bonchev–Trinajstić information content (AvgIpc) is 2.86. The molecule has 119 valence electrons. The maximum absolute atomic E-state index is 5.05. The van der Waals surface area contributed by atoms with Gasteiger partial charge in [0, 0.05) is 11.4 Å². The fourth-order valence-electron chi connectivity index (χ4n) is 3.69. The fraction of sp³-hybridized carbons (Fsp3) is 0.800. The molecule has 0 fully saturated rings. The maximum Gasteiger partial charge on any atom is 0.0442 e. The van der Waals surface area contributed by atoms with Crippen LogP contribution in [0.1, 0.15) is 104 Å². The summed E-state index contributed by atoms with van der Waals surface area (Å²) in [5.41, 5.74) is 6.30. The van der Waals surface area contributed by atoms with E-state index in [2.05, 4.69) is 13.8 Å². The molecule has 21 heavy (non-hydrogen) atoms. The highest BCUT2D eigenvalue weighted by Crippen LogP contribution is 2.39. The zero-order valence-corrected chi connectivity index (χ0v) is 14.3. The molecule has 0 spiro atoms. The molecule has 0 bridgehead atoms. The third kappa shape index (κ3) is 4.90. The molecule has 2 aliphatic rings. The molecule has 1 nitrogen and oxygen atoms in total. The summed E-state index contributed by atoms with van der Waals surface area (Å²) >= 11 is 0. The van der Waals surface area contributed by atoms with Crippen molar-refractivity contribution in [1.29, 1.82) is 0 Å². The van der Waals surface area contributed by atoms with E-state index in [4.69, 9.17) is 5.32 Å². The molecule has 1 aliphatic carbocycles. The van der Waals surface area contributed by atoms with Gasteiger partial charge in [0.25, 0.3) is 0 Å². The van der Waals surface area contributed by atoms with Gasteiger partial charge in [-0.05, 0) is 62.5 Å². The van der Waals surface area contributed by atoms with Crippen LogP contribution in [0, 0.1) is 0 Å². The van der Waals surface area contributed by atoms with Crippen molar-refractivity contribution in [2.75, 3.05) is 0 Å². The number of unbranched alkanes of at least 4 members (excludes halogenated alkanes) is 6. The molecule has 0 aromatic rings. The van der Waals surface area contributed by atoms with E-state index in [0.29, 0.717) is 0 Å². The Bertz CT molecular complexity index is 375. The van der Waals surface area contributed by atoms with Gasteiger partial charge >= 0.3 is 0 Å². The lowest BCUT2D eigenvalue weighted by Crippen LogP contribution is -2.03. The lowest BCUT2D eigenvalue weighted by Gasteiger charge is -2.15. The minimum absolute atomic E-state index is 1.23. The number of hydrogen-bond acceptors (Lipinski definition) is 0. The normalized spacial score (nSPS) is 18.2. The molecular formula is C20H34N. The van der Waals surface area contributed by atoms with Crippen molar-refractivity contribution in [3.63, 3.8) is 0 Å².